The van der Waals surface area contributed by atoms with E-state index in [1.807, 2.05) is 13.8 Å². The number of hydrogen-bond donors (Lipinski definition) is 2. The summed E-state index contributed by atoms with van der Waals surface area (Å²) in [6.45, 7) is 11.8. The fourth-order valence-corrected chi connectivity index (χ4v) is 1.35. The monoisotopic (exact) mass is 221 g/mol. The Kier molecular flexibility index (Phi) is 7.53. The topological polar surface area (TPSA) is 46.2 Å². The summed E-state index contributed by atoms with van der Waals surface area (Å²) in [6.07, 6.45) is 2.10. The SMILES string of the molecule is C=CC(C)(C)C(O)C(N)CC(C)C.Cl. The third kappa shape index (κ3) is 4.99. The maximum absolute atomic E-state index is 9.90. The molecule has 0 fully saturated rings. The average Bonchev–Trinajstić information content (AvgIpc) is 2.01. The number of aliphatic hydroxyl groups is 1. The van der Waals surface area contributed by atoms with Crippen LogP contribution in [0.2, 0.25) is 0 Å². The van der Waals surface area contributed by atoms with Crippen molar-refractivity contribution >= 4 is 12.4 Å². The maximum Gasteiger partial charge on any atom is 0.0776 e. The van der Waals surface area contributed by atoms with Gasteiger partial charge >= 0.3 is 0 Å². The molecule has 0 saturated heterocycles. The number of rotatable bonds is 5. The van der Waals surface area contributed by atoms with Gasteiger partial charge in [-0.3, -0.25) is 0 Å². The van der Waals surface area contributed by atoms with Gasteiger partial charge in [-0.1, -0.05) is 33.8 Å². The van der Waals surface area contributed by atoms with Crippen molar-refractivity contribution in [2.24, 2.45) is 17.1 Å². The lowest BCUT2D eigenvalue weighted by atomic mass is 9.81. The van der Waals surface area contributed by atoms with Crippen molar-refractivity contribution in [2.75, 3.05) is 0 Å². The van der Waals surface area contributed by atoms with Crippen LogP contribution in [0, 0.1) is 11.3 Å². The lowest BCUT2D eigenvalue weighted by Crippen LogP contribution is -2.44. The van der Waals surface area contributed by atoms with Crippen molar-refractivity contribution in [3.8, 4) is 0 Å². The van der Waals surface area contributed by atoms with Crippen LogP contribution in [-0.4, -0.2) is 17.3 Å². The molecule has 0 heterocycles. The van der Waals surface area contributed by atoms with Crippen LogP contribution in [0.25, 0.3) is 0 Å². The summed E-state index contributed by atoms with van der Waals surface area (Å²) < 4.78 is 0. The van der Waals surface area contributed by atoms with Gasteiger partial charge in [-0.15, -0.1) is 19.0 Å². The van der Waals surface area contributed by atoms with Crippen molar-refractivity contribution in [1.82, 2.24) is 0 Å². The van der Waals surface area contributed by atoms with Crippen molar-refractivity contribution in [2.45, 2.75) is 46.3 Å². The maximum atomic E-state index is 9.90. The second-order valence-electron chi connectivity index (χ2n) is 4.76. The Balaban J connectivity index is 0. The molecule has 2 atom stereocenters. The minimum Gasteiger partial charge on any atom is -0.391 e. The highest BCUT2D eigenvalue weighted by molar-refractivity contribution is 5.85. The lowest BCUT2D eigenvalue weighted by Gasteiger charge is -2.32. The average molecular weight is 222 g/mol. The number of halogens is 1. The van der Waals surface area contributed by atoms with E-state index < -0.39 is 6.10 Å². The van der Waals surface area contributed by atoms with Crippen molar-refractivity contribution in [3.63, 3.8) is 0 Å². The molecule has 0 saturated carbocycles. The first-order valence-electron chi connectivity index (χ1n) is 4.88. The Morgan fingerprint density at radius 2 is 1.86 bits per heavy atom. The molecular weight excluding hydrogens is 198 g/mol. The second kappa shape index (κ2) is 6.44. The molecule has 86 valence electrons. The highest BCUT2D eigenvalue weighted by Crippen LogP contribution is 2.25. The van der Waals surface area contributed by atoms with Gasteiger partial charge in [0.15, 0.2) is 0 Å². The van der Waals surface area contributed by atoms with E-state index in [-0.39, 0.29) is 23.9 Å². The molecule has 0 aromatic rings. The summed E-state index contributed by atoms with van der Waals surface area (Å²) in [7, 11) is 0. The molecule has 0 radical (unpaired) electrons. The fraction of sp³-hybridized carbons (Fsp3) is 0.818. The van der Waals surface area contributed by atoms with Gasteiger partial charge in [0.1, 0.15) is 0 Å². The summed E-state index contributed by atoms with van der Waals surface area (Å²) in [6, 6.07) is -0.159. The molecule has 0 amide bonds. The van der Waals surface area contributed by atoms with Gasteiger partial charge < -0.3 is 10.8 Å². The van der Waals surface area contributed by atoms with Gasteiger partial charge in [0.05, 0.1) is 6.10 Å². The molecule has 3 heteroatoms. The van der Waals surface area contributed by atoms with Crippen LogP contribution in [-0.2, 0) is 0 Å². The molecule has 0 aliphatic rings. The summed E-state index contributed by atoms with van der Waals surface area (Å²) in [4.78, 5) is 0. The molecule has 3 N–H and O–H groups in total. The molecule has 0 aromatic carbocycles. The first-order chi connectivity index (χ1) is 5.81. The van der Waals surface area contributed by atoms with E-state index in [9.17, 15) is 5.11 Å². The third-order valence-corrected chi connectivity index (χ3v) is 2.44. The first kappa shape index (κ1) is 16.4. The Morgan fingerprint density at radius 1 is 1.43 bits per heavy atom. The molecule has 2 nitrogen and oxygen atoms in total. The van der Waals surface area contributed by atoms with E-state index in [4.69, 9.17) is 5.73 Å². The first-order valence-corrected chi connectivity index (χ1v) is 4.88. The van der Waals surface area contributed by atoms with Crippen LogP contribution >= 0.6 is 12.4 Å². The molecule has 0 aliphatic heterocycles. The zero-order chi connectivity index (χ0) is 10.6. The highest BCUT2D eigenvalue weighted by atomic mass is 35.5. The van der Waals surface area contributed by atoms with E-state index in [1.54, 1.807) is 6.08 Å². The van der Waals surface area contributed by atoms with Gasteiger partial charge in [0.25, 0.3) is 0 Å². The molecule has 14 heavy (non-hydrogen) atoms. The van der Waals surface area contributed by atoms with Gasteiger partial charge in [-0.05, 0) is 12.3 Å². The molecule has 0 aliphatic carbocycles. The Labute approximate surface area is 94.0 Å². The van der Waals surface area contributed by atoms with Gasteiger partial charge in [-0.2, -0.15) is 0 Å². The van der Waals surface area contributed by atoms with Crippen molar-refractivity contribution in [3.05, 3.63) is 12.7 Å². The predicted molar refractivity (Wildman–Crippen MR) is 64.7 cm³/mol. The number of hydrogen-bond acceptors (Lipinski definition) is 2. The largest absolute Gasteiger partial charge is 0.391 e. The van der Waals surface area contributed by atoms with Crippen LogP contribution in [0.1, 0.15) is 34.1 Å². The summed E-state index contributed by atoms with van der Waals surface area (Å²) in [5.74, 6) is 0.519. The van der Waals surface area contributed by atoms with E-state index >= 15 is 0 Å². The normalized spacial score (nSPS) is 15.9. The van der Waals surface area contributed by atoms with Gasteiger partial charge in [0, 0.05) is 11.5 Å². The van der Waals surface area contributed by atoms with Crippen LogP contribution < -0.4 is 5.73 Å². The molecule has 2 unspecified atom stereocenters. The molecule has 0 spiro atoms. The van der Waals surface area contributed by atoms with E-state index in [1.165, 1.54) is 0 Å². The zero-order valence-corrected chi connectivity index (χ0v) is 10.5. The van der Waals surface area contributed by atoms with Gasteiger partial charge in [-0.25, -0.2) is 0 Å². The zero-order valence-electron chi connectivity index (χ0n) is 9.66. The van der Waals surface area contributed by atoms with E-state index in [2.05, 4.69) is 20.4 Å². The Bertz CT molecular complexity index is 169. The smallest absolute Gasteiger partial charge is 0.0776 e. The molecule has 0 rings (SSSR count). The molecular formula is C11H24ClNO. The number of nitrogens with two attached hydrogens (primary N) is 1. The summed E-state index contributed by atoms with van der Waals surface area (Å²) >= 11 is 0. The van der Waals surface area contributed by atoms with Crippen LogP contribution in [0.3, 0.4) is 0 Å². The Morgan fingerprint density at radius 3 is 2.14 bits per heavy atom. The minimum atomic E-state index is -0.507. The van der Waals surface area contributed by atoms with Gasteiger partial charge in [0.2, 0.25) is 0 Å². The minimum absolute atomic E-state index is 0. The third-order valence-electron chi connectivity index (χ3n) is 2.44. The molecule has 0 aromatic heterocycles. The van der Waals surface area contributed by atoms with Crippen LogP contribution in [0.15, 0.2) is 12.7 Å². The van der Waals surface area contributed by atoms with E-state index in [0.717, 1.165) is 6.42 Å². The summed E-state index contributed by atoms with van der Waals surface area (Å²) in [5, 5.41) is 9.90. The molecule has 0 bridgehead atoms. The quantitative estimate of drug-likeness (QED) is 0.701. The van der Waals surface area contributed by atoms with E-state index in [0.29, 0.717) is 5.92 Å². The van der Waals surface area contributed by atoms with Crippen LogP contribution in [0.5, 0.6) is 0 Å². The second-order valence-corrected chi connectivity index (χ2v) is 4.76. The lowest BCUT2D eigenvalue weighted by molar-refractivity contribution is 0.0516. The standard InChI is InChI=1S/C11H23NO.ClH/c1-6-11(4,5)10(13)9(12)7-8(2)3;/h6,8-10,13H,1,7,12H2,2-5H3;1H. The number of aliphatic hydroxyl groups excluding tert-OH is 1. The fourth-order valence-electron chi connectivity index (χ4n) is 1.35. The Hall–Kier alpha value is -0.0500. The summed E-state index contributed by atoms with van der Waals surface area (Å²) in [5.41, 5.74) is 5.58. The predicted octanol–water partition coefficient (Wildman–Crippen LogP) is 2.35. The van der Waals surface area contributed by atoms with Crippen LogP contribution in [0.4, 0.5) is 0 Å². The highest BCUT2D eigenvalue weighted by Gasteiger charge is 2.29. The van der Waals surface area contributed by atoms with Crippen molar-refractivity contribution in [1.29, 1.82) is 0 Å². The van der Waals surface area contributed by atoms with Crippen molar-refractivity contribution < 1.29 is 5.11 Å².